The first-order valence-corrected chi connectivity index (χ1v) is 3.98. The molecule has 0 amide bonds. The molecule has 0 bridgehead atoms. The summed E-state index contributed by atoms with van der Waals surface area (Å²) in [7, 11) is 0. The Labute approximate surface area is 73.5 Å². The van der Waals surface area contributed by atoms with E-state index in [0.29, 0.717) is 0 Å². The quantitative estimate of drug-likeness (QED) is 0.588. The van der Waals surface area contributed by atoms with Crippen LogP contribution in [0.15, 0.2) is 35.3 Å². The minimum atomic E-state index is 0.940. The Balaban J connectivity index is 3.04. The minimum Gasteiger partial charge on any atom is -0.264 e. The number of nitrogens with zero attached hydrogens (tertiary/aromatic N) is 1. The van der Waals surface area contributed by atoms with E-state index >= 15 is 0 Å². The second kappa shape index (κ2) is 3.86. The van der Waals surface area contributed by atoms with Gasteiger partial charge in [0, 0.05) is 0 Å². The van der Waals surface area contributed by atoms with Crippen molar-refractivity contribution in [3.8, 4) is 0 Å². The van der Waals surface area contributed by atoms with Crippen LogP contribution in [0.4, 0.5) is 0 Å². The topological polar surface area (TPSA) is 12.4 Å². The van der Waals surface area contributed by atoms with E-state index < -0.39 is 0 Å². The fourth-order valence-corrected chi connectivity index (χ4v) is 1.07. The van der Waals surface area contributed by atoms with Crippen LogP contribution < -0.4 is 0 Å². The van der Waals surface area contributed by atoms with E-state index in [0.717, 1.165) is 11.3 Å². The molecule has 0 spiro atoms. The molecule has 0 atom stereocenters. The highest BCUT2D eigenvalue weighted by Crippen LogP contribution is 2.15. The van der Waals surface area contributed by atoms with Gasteiger partial charge in [-0.05, 0) is 26.1 Å². The minimum absolute atomic E-state index is 0.940. The molecule has 0 aromatic heterocycles. The van der Waals surface area contributed by atoms with Gasteiger partial charge in [0.25, 0.3) is 0 Å². The van der Waals surface area contributed by atoms with Crippen molar-refractivity contribution in [2.45, 2.75) is 13.8 Å². The third-order valence-corrected chi connectivity index (χ3v) is 1.79. The van der Waals surface area contributed by atoms with Crippen molar-refractivity contribution >= 4 is 12.4 Å². The summed E-state index contributed by atoms with van der Waals surface area (Å²) < 4.78 is 0. The van der Waals surface area contributed by atoms with Crippen LogP contribution in [0.5, 0.6) is 0 Å². The van der Waals surface area contributed by atoms with Gasteiger partial charge in [0.05, 0.1) is 5.70 Å². The van der Waals surface area contributed by atoms with E-state index in [4.69, 9.17) is 0 Å². The van der Waals surface area contributed by atoms with Gasteiger partial charge in [0.2, 0.25) is 0 Å². The smallest absolute Gasteiger partial charge is 0.0652 e. The summed E-state index contributed by atoms with van der Waals surface area (Å²) in [5.74, 6) is 0. The van der Waals surface area contributed by atoms with Crippen LogP contribution in [0.3, 0.4) is 0 Å². The van der Waals surface area contributed by atoms with Crippen LogP contribution in [-0.4, -0.2) is 6.72 Å². The molecule has 1 rings (SSSR count). The molecular formula is C11H13N. The van der Waals surface area contributed by atoms with E-state index in [9.17, 15) is 0 Å². The van der Waals surface area contributed by atoms with E-state index in [1.807, 2.05) is 13.0 Å². The molecule has 12 heavy (non-hydrogen) atoms. The number of aliphatic imine (C=N–C) groups is 1. The third-order valence-electron chi connectivity index (χ3n) is 1.79. The van der Waals surface area contributed by atoms with E-state index in [-0.39, 0.29) is 0 Å². The van der Waals surface area contributed by atoms with Crippen LogP contribution in [0, 0.1) is 6.92 Å². The second-order valence-electron chi connectivity index (χ2n) is 2.70. The zero-order chi connectivity index (χ0) is 8.97. The number of rotatable bonds is 2. The number of allylic oxidation sites excluding steroid dienone is 1. The highest BCUT2D eigenvalue weighted by molar-refractivity contribution is 5.67. The fraction of sp³-hybridized carbons (Fsp3) is 0.182. The van der Waals surface area contributed by atoms with Crippen LogP contribution >= 0.6 is 0 Å². The van der Waals surface area contributed by atoms with Crippen molar-refractivity contribution in [2.24, 2.45) is 4.99 Å². The van der Waals surface area contributed by atoms with E-state index in [1.165, 1.54) is 5.56 Å². The monoisotopic (exact) mass is 159 g/mol. The molecule has 0 N–H and O–H groups in total. The largest absolute Gasteiger partial charge is 0.264 e. The standard InChI is InChI=1S/C11H13N/c1-4-11(12-3)10-7-5-9(2)6-8-10/h4-8H,3H2,1-2H3. The highest BCUT2D eigenvalue weighted by Gasteiger charge is 1.94. The second-order valence-corrected chi connectivity index (χ2v) is 2.70. The molecule has 0 fully saturated rings. The molecule has 1 aromatic carbocycles. The number of aryl methyl sites for hydroxylation is 1. The lowest BCUT2D eigenvalue weighted by molar-refractivity contribution is 1.43. The maximum Gasteiger partial charge on any atom is 0.0652 e. The molecule has 1 heteroatoms. The highest BCUT2D eigenvalue weighted by atomic mass is 14.7. The first-order valence-electron chi connectivity index (χ1n) is 3.98. The van der Waals surface area contributed by atoms with Crippen LogP contribution in [0.2, 0.25) is 0 Å². The summed E-state index contributed by atoms with van der Waals surface area (Å²) in [6, 6.07) is 8.26. The van der Waals surface area contributed by atoms with Crippen molar-refractivity contribution in [1.29, 1.82) is 0 Å². The van der Waals surface area contributed by atoms with Gasteiger partial charge in [-0.15, -0.1) is 0 Å². The Hall–Kier alpha value is -1.37. The Morgan fingerprint density at radius 2 is 1.92 bits per heavy atom. The van der Waals surface area contributed by atoms with Gasteiger partial charge in [0.15, 0.2) is 0 Å². The first kappa shape index (κ1) is 8.72. The van der Waals surface area contributed by atoms with Gasteiger partial charge in [-0.2, -0.15) is 0 Å². The zero-order valence-electron chi connectivity index (χ0n) is 7.54. The molecule has 0 radical (unpaired) electrons. The molecule has 0 aliphatic carbocycles. The van der Waals surface area contributed by atoms with Gasteiger partial charge >= 0.3 is 0 Å². The molecule has 0 unspecified atom stereocenters. The third kappa shape index (κ3) is 1.82. The van der Waals surface area contributed by atoms with Crippen LogP contribution in [0.1, 0.15) is 18.1 Å². The van der Waals surface area contributed by atoms with Crippen molar-refractivity contribution in [3.05, 3.63) is 41.5 Å². The SMILES string of the molecule is C=NC(=CC)c1ccc(C)cc1. The van der Waals surface area contributed by atoms with Crippen LogP contribution in [-0.2, 0) is 0 Å². The van der Waals surface area contributed by atoms with Gasteiger partial charge in [0.1, 0.15) is 0 Å². The Morgan fingerprint density at radius 3 is 2.33 bits per heavy atom. The fourth-order valence-electron chi connectivity index (χ4n) is 1.07. The zero-order valence-corrected chi connectivity index (χ0v) is 7.54. The van der Waals surface area contributed by atoms with Gasteiger partial charge in [-0.1, -0.05) is 35.9 Å². The maximum atomic E-state index is 3.92. The van der Waals surface area contributed by atoms with Gasteiger partial charge in [-0.25, -0.2) is 0 Å². The molecule has 1 nitrogen and oxygen atoms in total. The summed E-state index contributed by atoms with van der Waals surface area (Å²) in [6.45, 7) is 7.54. The summed E-state index contributed by atoms with van der Waals surface area (Å²) in [6.07, 6.45) is 1.96. The summed E-state index contributed by atoms with van der Waals surface area (Å²) in [4.78, 5) is 3.92. The Morgan fingerprint density at radius 1 is 1.33 bits per heavy atom. The van der Waals surface area contributed by atoms with Crippen molar-refractivity contribution in [3.63, 3.8) is 0 Å². The number of benzene rings is 1. The molecule has 0 heterocycles. The Kier molecular flexibility index (Phi) is 2.81. The number of hydrogen-bond acceptors (Lipinski definition) is 1. The molecular weight excluding hydrogens is 146 g/mol. The molecule has 0 saturated carbocycles. The van der Waals surface area contributed by atoms with Crippen LogP contribution in [0.25, 0.3) is 5.70 Å². The normalized spacial score (nSPS) is 11.3. The number of hydrogen-bond donors (Lipinski definition) is 0. The maximum absolute atomic E-state index is 3.92. The van der Waals surface area contributed by atoms with Gasteiger partial charge < -0.3 is 0 Å². The van der Waals surface area contributed by atoms with Crippen molar-refractivity contribution in [2.75, 3.05) is 0 Å². The molecule has 62 valence electrons. The van der Waals surface area contributed by atoms with Crippen molar-refractivity contribution < 1.29 is 0 Å². The van der Waals surface area contributed by atoms with E-state index in [2.05, 4.69) is 42.9 Å². The molecule has 1 aromatic rings. The molecule has 0 aliphatic heterocycles. The molecule has 0 aliphatic rings. The predicted molar refractivity (Wildman–Crippen MR) is 54.4 cm³/mol. The average Bonchev–Trinajstić information content (AvgIpc) is 2.10. The summed E-state index contributed by atoms with van der Waals surface area (Å²) >= 11 is 0. The lowest BCUT2D eigenvalue weighted by Crippen LogP contribution is -1.80. The van der Waals surface area contributed by atoms with E-state index in [1.54, 1.807) is 0 Å². The molecule has 0 saturated heterocycles. The Bertz CT molecular complexity index is 293. The lowest BCUT2D eigenvalue weighted by Gasteiger charge is -2.00. The average molecular weight is 159 g/mol. The van der Waals surface area contributed by atoms with Crippen molar-refractivity contribution in [1.82, 2.24) is 0 Å². The first-order chi connectivity index (χ1) is 5.77. The summed E-state index contributed by atoms with van der Waals surface area (Å²) in [5.41, 5.74) is 3.33. The lowest BCUT2D eigenvalue weighted by atomic mass is 10.1. The summed E-state index contributed by atoms with van der Waals surface area (Å²) in [5, 5.41) is 0. The predicted octanol–water partition coefficient (Wildman–Crippen LogP) is 3.06. The van der Waals surface area contributed by atoms with Gasteiger partial charge in [-0.3, -0.25) is 4.99 Å².